The molecule has 0 saturated carbocycles. The Balaban J connectivity index is 2.07. The van der Waals surface area contributed by atoms with Crippen LogP contribution in [0.15, 0.2) is 18.5 Å². The molecular weight excluding hydrogens is 230 g/mol. The molecule has 1 atom stereocenters. The predicted octanol–water partition coefficient (Wildman–Crippen LogP) is 1.22. The summed E-state index contributed by atoms with van der Waals surface area (Å²) in [5.41, 5.74) is 1.80. The second-order valence-electron chi connectivity index (χ2n) is 4.49. The number of hydrogen-bond acceptors (Lipinski definition) is 4. The van der Waals surface area contributed by atoms with Crippen molar-refractivity contribution in [1.82, 2.24) is 15.3 Å². The molecule has 0 amide bonds. The number of methoxy groups -OCH3 is 1. The van der Waals surface area contributed by atoms with Crippen molar-refractivity contribution in [2.75, 3.05) is 20.2 Å². The number of ketones is 1. The van der Waals surface area contributed by atoms with Gasteiger partial charge in [-0.1, -0.05) is 0 Å². The summed E-state index contributed by atoms with van der Waals surface area (Å²) >= 11 is 0. The molecule has 3 rings (SSSR count). The Kier molecular flexibility index (Phi) is 2.76. The number of pyridine rings is 1. The number of aromatic nitrogens is 2. The van der Waals surface area contributed by atoms with E-state index >= 15 is 0 Å². The number of Topliss-reactive ketones (excluding diaryl/α,β-unsaturated/α-hetero) is 1. The number of rotatable bonds is 2. The Hall–Kier alpha value is -1.88. The predicted molar refractivity (Wildman–Crippen MR) is 67.9 cm³/mol. The van der Waals surface area contributed by atoms with Crippen molar-refractivity contribution >= 4 is 16.8 Å². The van der Waals surface area contributed by atoms with E-state index in [1.54, 1.807) is 13.3 Å². The molecule has 1 fully saturated rings. The molecule has 0 aliphatic carbocycles. The van der Waals surface area contributed by atoms with Gasteiger partial charge < -0.3 is 15.0 Å². The summed E-state index contributed by atoms with van der Waals surface area (Å²) in [7, 11) is 1.61. The Morgan fingerprint density at radius 1 is 1.50 bits per heavy atom. The zero-order chi connectivity index (χ0) is 12.5. The molecule has 2 aromatic heterocycles. The maximum atomic E-state index is 12.0. The van der Waals surface area contributed by atoms with Crippen LogP contribution in [0.5, 0.6) is 5.75 Å². The number of carbonyl (C=O) groups excluding carboxylic acids is 1. The first-order valence-corrected chi connectivity index (χ1v) is 6.04. The molecule has 2 N–H and O–H groups in total. The maximum absolute atomic E-state index is 12.0. The van der Waals surface area contributed by atoms with Gasteiger partial charge in [0.25, 0.3) is 0 Å². The van der Waals surface area contributed by atoms with Gasteiger partial charge in [-0.15, -0.1) is 0 Å². The average Bonchev–Trinajstić information content (AvgIpc) is 2.82. The van der Waals surface area contributed by atoms with E-state index in [1.807, 2.05) is 12.3 Å². The molecule has 0 aromatic carbocycles. The lowest BCUT2D eigenvalue weighted by molar-refractivity contribution is -0.121. The van der Waals surface area contributed by atoms with Crippen LogP contribution in [0.2, 0.25) is 0 Å². The Morgan fingerprint density at radius 3 is 3.17 bits per heavy atom. The number of nitrogens with one attached hydrogen (secondary N) is 2. The van der Waals surface area contributed by atoms with Crippen LogP contribution in [-0.4, -0.2) is 36.0 Å². The van der Waals surface area contributed by atoms with Crippen molar-refractivity contribution in [3.05, 3.63) is 24.0 Å². The van der Waals surface area contributed by atoms with Crippen molar-refractivity contribution in [3.8, 4) is 5.75 Å². The van der Waals surface area contributed by atoms with Crippen LogP contribution in [0.25, 0.3) is 11.0 Å². The fourth-order valence-electron chi connectivity index (χ4n) is 2.43. The van der Waals surface area contributed by atoms with E-state index in [0.717, 1.165) is 23.1 Å². The largest absolute Gasteiger partial charge is 0.495 e. The van der Waals surface area contributed by atoms with Crippen molar-refractivity contribution < 1.29 is 9.53 Å². The zero-order valence-corrected chi connectivity index (χ0v) is 10.2. The summed E-state index contributed by atoms with van der Waals surface area (Å²) < 4.78 is 5.18. The van der Waals surface area contributed by atoms with Gasteiger partial charge in [0, 0.05) is 31.1 Å². The first-order valence-electron chi connectivity index (χ1n) is 6.04. The molecule has 1 aliphatic heterocycles. The Bertz CT molecular complexity index is 591. The standard InChI is InChI=1S/C13H15N3O2/c1-18-8-4-9-10(7-16-13(9)15-5-8)11-6-14-3-2-12(11)17/h4-5,7,11,14H,2-3,6H2,1H3,(H,15,16). The van der Waals surface area contributed by atoms with E-state index < -0.39 is 0 Å². The minimum absolute atomic E-state index is 0.0820. The molecule has 1 saturated heterocycles. The van der Waals surface area contributed by atoms with Crippen molar-refractivity contribution in [2.24, 2.45) is 0 Å². The number of piperidine rings is 1. The van der Waals surface area contributed by atoms with Gasteiger partial charge >= 0.3 is 0 Å². The molecule has 2 aromatic rings. The van der Waals surface area contributed by atoms with Crippen LogP contribution in [0, 0.1) is 0 Å². The monoisotopic (exact) mass is 245 g/mol. The molecule has 0 spiro atoms. The van der Waals surface area contributed by atoms with Crippen LogP contribution >= 0.6 is 0 Å². The minimum atomic E-state index is -0.0820. The van der Waals surface area contributed by atoms with E-state index in [2.05, 4.69) is 15.3 Å². The average molecular weight is 245 g/mol. The lowest BCUT2D eigenvalue weighted by Gasteiger charge is -2.21. The highest BCUT2D eigenvalue weighted by molar-refractivity contribution is 5.93. The molecule has 5 nitrogen and oxygen atoms in total. The lowest BCUT2D eigenvalue weighted by atomic mass is 9.90. The second-order valence-corrected chi connectivity index (χ2v) is 4.49. The van der Waals surface area contributed by atoms with Crippen molar-refractivity contribution in [1.29, 1.82) is 0 Å². The number of H-pyrrole nitrogens is 1. The molecular formula is C13H15N3O2. The van der Waals surface area contributed by atoms with E-state index in [1.165, 1.54) is 0 Å². The zero-order valence-electron chi connectivity index (χ0n) is 10.2. The molecule has 18 heavy (non-hydrogen) atoms. The fraction of sp³-hybridized carbons (Fsp3) is 0.385. The van der Waals surface area contributed by atoms with Gasteiger partial charge in [-0.05, 0) is 11.6 Å². The topological polar surface area (TPSA) is 67.0 Å². The quantitative estimate of drug-likeness (QED) is 0.834. The molecule has 5 heteroatoms. The van der Waals surface area contributed by atoms with Gasteiger partial charge in [-0.2, -0.15) is 0 Å². The van der Waals surface area contributed by atoms with Crippen LogP contribution in [0.4, 0.5) is 0 Å². The second kappa shape index (κ2) is 4.42. The van der Waals surface area contributed by atoms with Gasteiger partial charge in [0.2, 0.25) is 0 Å². The van der Waals surface area contributed by atoms with E-state index in [9.17, 15) is 4.79 Å². The highest BCUT2D eigenvalue weighted by Crippen LogP contribution is 2.29. The van der Waals surface area contributed by atoms with Gasteiger partial charge in [0.1, 0.15) is 17.2 Å². The molecule has 1 unspecified atom stereocenters. The molecule has 94 valence electrons. The third kappa shape index (κ3) is 1.76. The minimum Gasteiger partial charge on any atom is -0.495 e. The number of ether oxygens (including phenoxy) is 1. The maximum Gasteiger partial charge on any atom is 0.142 e. The van der Waals surface area contributed by atoms with Crippen LogP contribution in [-0.2, 0) is 4.79 Å². The first kappa shape index (κ1) is 11.2. The first-order chi connectivity index (χ1) is 8.79. The summed E-state index contributed by atoms with van der Waals surface area (Å²) in [5, 5.41) is 4.23. The van der Waals surface area contributed by atoms with Crippen LogP contribution in [0.1, 0.15) is 17.9 Å². The lowest BCUT2D eigenvalue weighted by Crippen LogP contribution is -2.35. The summed E-state index contributed by atoms with van der Waals surface area (Å²) in [6.07, 6.45) is 4.14. The smallest absolute Gasteiger partial charge is 0.142 e. The summed E-state index contributed by atoms with van der Waals surface area (Å²) in [4.78, 5) is 19.4. The van der Waals surface area contributed by atoms with Crippen LogP contribution in [0.3, 0.4) is 0 Å². The summed E-state index contributed by atoms with van der Waals surface area (Å²) in [6, 6.07) is 1.93. The number of fused-ring (bicyclic) bond motifs is 1. The normalized spacial score (nSPS) is 20.3. The molecule has 0 radical (unpaired) electrons. The SMILES string of the molecule is COc1cnc2[nH]cc(C3CNCCC3=O)c2c1. The van der Waals surface area contributed by atoms with Gasteiger partial charge in [-0.25, -0.2) is 4.98 Å². The van der Waals surface area contributed by atoms with E-state index in [0.29, 0.717) is 18.7 Å². The molecule has 3 heterocycles. The number of aromatic amines is 1. The molecule has 0 bridgehead atoms. The third-order valence-corrected chi connectivity index (χ3v) is 3.43. The molecule has 1 aliphatic rings. The van der Waals surface area contributed by atoms with Crippen LogP contribution < -0.4 is 10.1 Å². The van der Waals surface area contributed by atoms with Gasteiger partial charge in [0.05, 0.1) is 19.2 Å². The number of nitrogens with zero attached hydrogens (tertiary/aromatic N) is 1. The van der Waals surface area contributed by atoms with Crippen molar-refractivity contribution in [3.63, 3.8) is 0 Å². The highest BCUT2D eigenvalue weighted by Gasteiger charge is 2.26. The fourth-order valence-corrected chi connectivity index (χ4v) is 2.43. The highest BCUT2D eigenvalue weighted by atomic mass is 16.5. The third-order valence-electron chi connectivity index (χ3n) is 3.43. The number of carbonyl (C=O) groups is 1. The Morgan fingerprint density at radius 2 is 2.39 bits per heavy atom. The summed E-state index contributed by atoms with van der Waals surface area (Å²) in [5.74, 6) is 0.915. The van der Waals surface area contributed by atoms with E-state index in [4.69, 9.17) is 4.74 Å². The summed E-state index contributed by atoms with van der Waals surface area (Å²) in [6.45, 7) is 1.47. The van der Waals surface area contributed by atoms with E-state index in [-0.39, 0.29) is 11.7 Å². The number of hydrogen-bond donors (Lipinski definition) is 2. The Labute approximate surface area is 105 Å². The van der Waals surface area contributed by atoms with Crippen molar-refractivity contribution in [2.45, 2.75) is 12.3 Å². The van der Waals surface area contributed by atoms with Gasteiger partial charge in [0.15, 0.2) is 0 Å². The van der Waals surface area contributed by atoms with Gasteiger partial charge in [-0.3, -0.25) is 4.79 Å².